The molecule has 2 aromatic rings. The maximum Gasteiger partial charge on any atom is 0.269 e. The van der Waals surface area contributed by atoms with Crippen LogP contribution in [-0.4, -0.2) is 45.9 Å². The summed E-state index contributed by atoms with van der Waals surface area (Å²) in [6, 6.07) is 9.43. The van der Waals surface area contributed by atoms with Crippen LogP contribution in [0.15, 0.2) is 35.3 Å². The van der Waals surface area contributed by atoms with Crippen molar-refractivity contribution in [3.63, 3.8) is 0 Å². The van der Waals surface area contributed by atoms with Gasteiger partial charge in [-0.15, -0.1) is 0 Å². The van der Waals surface area contributed by atoms with Gasteiger partial charge in [0.05, 0.1) is 6.20 Å². The van der Waals surface area contributed by atoms with Gasteiger partial charge in [-0.05, 0) is 42.7 Å². The van der Waals surface area contributed by atoms with Crippen LogP contribution in [0.25, 0.3) is 11.4 Å². The van der Waals surface area contributed by atoms with E-state index < -0.39 is 5.56 Å². The summed E-state index contributed by atoms with van der Waals surface area (Å²) in [5.41, 5.74) is 1.37. The zero-order chi connectivity index (χ0) is 18.1. The van der Waals surface area contributed by atoms with Crippen molar-refractivity contribution < 1.29 is 0 Å². The fourth-order valence-electron chi connectivity index (χ4n) is 2.20. The van der Waals surface area contributed by atoms with E-state index >= 15 is 0 Å². The minimum Gasteiger partial charge on any atom is -0.384 e. The van der Waals surface area contributed by atoms with Crippen LogP contribution in [0.2, 0.25) is 0 Å². The molecule has 0 saturated heterocycles. The highest BCUT2D eigenvalue weighted by Crippen LogP contribution is 2.17. The molecule has 0 unspecified atom stereocenters. The molecule has 0 atom stereocenters. The number of aromatic nitrogens is 2. The van der Waals surface area contributed by atoms with E-state index in [2.05, 4.69) is 34.4 Å². The number of thiol groups is 1. The number of hydrogen-bond donors (Lipinski definition) is 3. The number of nitriles is 1. The first-order valence-corrected chi connectivity index (χ1v) is 9.70. The molecule has 0 bridgehead atoms. The molecular formula is C17H21N5OS2. The number of thioether (sulfide) groups is 1. The first kappa shape index (κ1) is 19.4. The van der Waals surface area contributed by atoms with Crippen molar-refractivity contribution in [2.45, 2.75) is 6.42 Å². The highest BCUT2D eigenvalue weighted by Gasteiger charge is 2.04. The average Bonchev–Trinajstić information content (AvgIpc) is 2.62. The summed E-state index contributed by atoms with van der Waals surface area (Å²) < 4.78 is 2.02. The van der Waals surface area contributed by atoms with Gasteiger partial charge in [-0.2, -0.15) is 17.0 Å². The van der Waals surface area contributed by atoms with Gasteiger partial charge in [0, 0.05) is 30.9 Å². The van der Waals surface area contributed by atoms with Crippen molar-refractivity contribution >= 4 is 30.3 Å². The number of nitrogens with zero attached hydrogens (tertiary/aromatic N) is 3. The summed E-state index contributed by atoms with van der Waals surface area (Å²) in [4.78, 5) is 18.4. The van der Waals surface area contributed by atoms with Gasteiger partial charge in [-0.25, -0.2) is 4.98 Å². The van der Waals surface area contributed by atoms with Crippen LogP contribution in [0.5, 0.6) is 0 Å². The van der Waals surface area contributed by atoms with Gasteiger partial charge in [0.2, 0.25) is 0 Å². The second-order valence-corrected chi connectivity index (χ2v) is 6.94. The van der Waals surface area contributed by atoms with Crippen LogP contribution in [-0.2, 0) is 0 Å². The van der Waals surface area contributed by atoms with Crippen molar-refractivity contribution in [3.05, 3.63) is 46.4 Å². The molecule has 0 aliphatic rings. The van der Waals surface area contributed by atoms with Gasteiger partial charge in [0.25, 0.3) is 5.56 Å². The zero-order valence-electron chi connectivity index (χ0n) is 14.0. The lowest BCUT2D eigenvalue weighted by Gasteiger charge is -2.15. The molecule has 6 nitrogen and oxygen atoms in total. The number of aromatic amines is 1. The molecule has 132 valence electrons. The summed E-state index contributed by atoms with van der Waals surface area (Å²) in [5.74, 6) is 1.60. The van der Waals surface area contributed by atoms with Crippen molar-refractivity contribution in [1.29, 1.82) is 5.26 Å². The molecule has 1 aromatic carbocycles. The third-order valence-corrected chi connectivity index (χ3v) is 4.64. The Morgan fingerprint density at radius 3 is 2.76 bits per heavy atom. The Bertz CT molecular complexity index is 770. The highest BCUT2D eigenvalue weighted by molar-refractivity contribution is 7.98. The van der Waals surface area contributed by atoms with E-state index in [0.29, 0.717) is 5.82 Å². The second kappa shape index (κ2) is 10.1. The summed E-state index contributed by atoms with van der Waals surface area (Å²) in [6.45, 7) is 2.63. The van der Waals surface area contributed by atoms with Gasteiger partial charge in [0.15, 0.2) is 0 Å². The van der Waals surface area contributed by atoms with E-state index in [4.69, 9.17) is 5.26 Å². The lowest BCUT2D eigenvalue weighted by atomic mass is 10.2. The maximum atomic E-state index is 11.7. The SMILES string of the molecule is CSCCCN(S)CCNc1ccc(-c2ncc(C#N)c(=O)[nH]2)cc1. The Labute approximate surface area is 157 Å². The second-order valence-electron chi connectivity index (χ2n) is 5.39. The van der Waals surface area contributed by atoms with E-state index in [9.17, 15) is 4.79 Å². The van der Waals surface area contributed by atoms with E-state index in [1.165, 1.54) is 6.20 Å². The van der Waals surface area contributed by atoms with Crippen molar-refractivity contribution in [2.75, 3.05) is 37.0 Å². The topological polar surface area (TPSA) is 84.8 Å². The fourth-order valence-corrected chi connectivity index (χ4v) is 2.86. The Kier molecular flexibility index (Phi) is 7.85. The summed E-state index contributed by atoms with van der Waals surface area (Å²) >= 11 is 6.31. The monoisotopic (exact) mass is 375 g/mol. The zero-order valence-corrected chi connectivity index (χ0v) is 15.7. The molecule has 1 aromatic heterocycles. The molecule has 0 amide bonds. The molecule has 2 N–H and O–H groups in total. The normalized spacial score (nSPS) is 10.6. The molecule has 0 aliphatic heterocycles. The Hall–Kier alpha value is -1.95. The van der Waals surface area contributed by atoms with Gasteiger partial charge >= 0.3 is 0 Å². The number of rotatable bonds is 9. The van der Waals surface area contributed by atoms with Crippen LogP contribution < -0.4 is 10.9 Å². The highest BCUT2D eigenvalue weighted by atomic mass is 32.2. The van der Waals surface area contributed by atoms with Crippen molar-refractivity contribution in [1.82, 2.24) is 14.3 Å². The van der Waals surface area contributed by atoms with Gasteiger partial charge in [-0.3, -0.25) is 9.10 Å². The molecule has 0 radical (unpaired) electrons. The number of nitrogens with one attached hydrogen (secondary N) is 2. The van der Waals surface area contributed by atoms with Gasteiger partial charge in [-0.1, -0.05) is 12.8 Å². The minimum atomic E-state index is -0.426. The lowest BCUT2D eigenvalue weighted by molar-refractivity contribution is 0.492. The average molecular weight is 376 g/mol. The molecule has 8 heteroatoms. The van der Waals surface area contributed by atoms with Crippen molar-refractivity contribution in [2.24, 2.45) is 0 Å². The largest absolute Gasteiger partial charge is 0.384 e. The van der Waals surface area contributed by atoms with Crippen LogP contribution in [0, 0.1) is 11.3 Å². The van der Waals surface area contributed by atoms with E-state index in [0.717, 1.165) is 43.1 Å². The number of benzene rings is 1. The summed E-state index contributed by atoms with van der Waals surface area (Å²) in [5, 5.41) is 12.1. The molecule has 25 heavy (non-hydrogen) atoms. The minimum absolute atomic E-state index is 0.0101. The molecular weight excluding hydrogens is 354 g/mol. The van der Waals surface area contributed by atoms with E-state index in [1.807, 2.05) is 40.3 Å². The van der Waals surface area contributed by atoms with E-state index in [1.54, 1.807) is 6.07 Å². The number of hydrogen-bond acceptors (Lipinski definition) is 7. The van der Waals surface area contributed by atoms with Crippen LogP contribution in [0.4, 0.5) is 5.69 Å². The van der Waals surface area contributed by atoms with Crippen molar-refractivity contribution in [3.8, 4) is 17.5 Å². The Morgan fingerprint density at radius 1 is 1.36 bits per heavy atom. The van der Waals surface area contributed by atoms with Gasteiger partial charge < -0.3 is 10.3 Å². The first-order chi connectivity index (χ1) is 12.1. The maximum absolute atomic E-state index is 11.7. The third-order valence-electron chi connectivity index (χ3n) is 3.54. The smallest absolute Gasteiger partial charge is 0.269 e. The molecule has 0 spiro atoms. The lowest BCUT2D eigenvalue weighted by Crippen LogP contribution is -2.22. The Balaban J connectivity index is 1.87. The van der Waals surface area contributed by atoms with Crippen LogP contribution in [0.3, 0.4) is 0 Å². The van der Waals surface area contributed by atoms with Gasteiger partial charge in [0.1, 0.15) is 17.5 Å². The Morgan fingerprint density at radius 2 is 2.12 bits per heavy atom. The molecule has 0 fully saturated rings. The molecule has 0 aliphatic carbocycles. The summed E-state index contributed by atoms with van der Waals surface area (Å²) in [7, 11) is 0. The number of H-pyrrole nitrogens is 1. The number of anilines is 1. The predicted molar refractivity (Wildman–Crippen MR) is 107 cm³/mol. The first-order valence-electron chi connectivity index (χ1n) is 7.90. The molecule has 2 rings (SSSR count). The standard InChI is InChI=1S/C17H21N5OS2/c1-25-10-2-8-22(24)9-7-19-15-5-3-13(4-6-15)16-20-12-14(11-18)17(23)21-16/h3-6,12,19,24H,2,7-10H2,1H3,(H,20,21,23). The fraction of sp³-hybridized carbons (Fsp3) is 0.353. The van der Waals surface area contributed by atoms with Crippen LogP contribution in [0.1, 0.15) is 12.0 Å². The quantitative estimate of drug-likeness (QED) is 0.461. The predicted octanol–water partition coefficient (Wildman–Crippen LogP) is 2.62. The summed E-state index contributed by atoms with van der Waals surface area (Å²) in [6.07, 6.45) is 4.53. The molecule has 1 heterocycles. The van der Waals surface area contributed by atoms with Crippen LogP contribution >= 0.6 is 24.6 Å². The molecule has 0 saturated carbocycles. The van der Waals surface area contributed by atoms with E-state index in [-0.39, 0.29) is 5.56 Å². The third kappa shape index (κ3) is 6.12.